The second-order valence-electron chi connectivity index (χ2n) is 5.32. The van der Waals surface area contributed by atoms with Crippen molar-refractivity contribution < 1.29 is 4.79 Å². The van der Waals surface area contributed by atoms with Crippen molar-refractivity contribution in [1.29, 1.82) is 0 Å². The molecule has 0 unspecified atom stereocenters. The second-order valence-corrected chi connectivity index (χ2v) is 5.32. The van der Waals surface area contributed by atoms with Gasteiger partial charge in [0.1, 0.15) is 0 Å². The molecule has 19 heavy (non-hydrogen) atoms. The number of anilines is 1. The molecule has 1 heterocycles. The third-order valence-corrected chi connectivity index (χ3v) is 3.51. The number of carbonyl (C=O) groups excluding carboxylic acids is 1. The molecule has 2 rings (SSSR count). The average molecular weight is 261 g/mol. The normalized spacial score (nSPS) is 15.5. The van der Waals surface area contributed by atoms with Gasteiger partial charge in [-0.05, 0) is 43.6 Å². The van der Waals surface area contributed by atoms with Crippen molar-refractivity contribution in [2.75, 3.05) is 38.6 Å². The van der Waals surface area contributed by atoms with E-state index in [9.17, 15) is 4.79 Å². The fraction of sp³-hybridized carbons (Fsp3) is 0.533. The van der Waals surface area contributed by atoms with Crippen LogP contribution in [0.5, 0.6) is 0 Å². The van der Waals surface area contributed by atoms with E-state index in [0.29, 0.717) is 13.1 Å². The Morgan fingerprint density at radius 2 is 1.84 bits per heavy atom. The zero-order valence-electron chi connectivity index (χ0n) is 11.9. The maximum atomic E-state index is 11.8. The maximum absolute atomic E-state index is 11.8. The molecule has 1 N–H and O–H groups in total. The van der Waals surface area contributed by atoms with Crippen molar-refractivity contribution in [3.8, 4) is 0 Å². The number of rotatable bonds is 5. The number of carbonyl (C=O) groups is 1. The van der Waals surface area contributed by atoms with Crippen molar-refractivity contribution in [3.63, 3.8) is 0 Å². The minimum absolute atomic E-state index is 0.124. The Labute approximate surface area is 115 Å². The molecule has 0 atom stereocenters. The van der Waals surface area contributed by atoms with Crippen molar-refractivity contribution >= 4 is 11.6 Å². The van der Waals surface area contributed by atoms with E-state index in [0.717, 1.165) is 18.7 Å². The lowest BCUT2D eigenvalue weighted by Gasteiger charge is -2.15. The number of amides is 1. The first-order chi connectivity index (χ1) is 9.15. The van der Waals surface area contributed by atoms with E-state index in [4.69, 9.17) is 0 Å². The summed E-state index contributed by atoms with van der Waals surface area (Å²) in [6.45, 7) is 3.27. The maximum Gasteiger partial charge on any atom is 0.234 e. The molecular weight excluding hydrogens is 238 g/mol. The molecule has 1 aromatic rings. The van der Waals surface area contributed by atoms with Crippen LogP contribution in [-0.4, -0.2) is 44.5 Å². The average Bonchev–Trinajstić information content (AvgIpc) is 2.89. The van der Waals surface area contributed by atoms with Gasteiger partial charge in [-0.25, -0.2) is 0 Å². The van der Waals surface area contributed by atoms with Crippen LogP contribution in [0.4, 0.5) is 5.69 Å². The highest BCUT2D eigenvalue weighted by Gasteiger charge is 2.14. The zero-order valence-corrected chi connectivity index (χ0v) is 11.9. The standard InChI is InChI=1S/C15H23N3O/c1-17(2)14-7-5-13(6-8-14)11-16-15(19)12-18-9-3-4-10-18/h5-8H,3-4,9-12H2,1-2H3,(H,16,19). The van der Waals surface area contributed by atoms with Gasteiger partial charge < -0.3 is 10.2 Å². The van der Waals surface area contributed by atoms with E-state index in [2.05, 4.69) is 39.4 Å². The number of nitrogens with one attached hydrogen (secondary N) is 1. The Balaban J connectivity index is 1.76. The smallest absolute Gasteiger partial charge is 0.234 e. The van der Waals surface area contributed by atoms with Crippen LogP contribution in [0.1, 0.15) is 18.4 Å². The summed E-state index contributed by atoms with van der Waals surface area (Å²) in [5.74, 6) is 0.124. The summed E-state index contributed by atoms with van der Waals surface area (Å²) < 4.78 is 0. The highest BCUT2D eigenvalue weighted by atomic mass is 16.2. The van der Waals surface area contributed by atoms with Gasteiger partial charge in [0.2, 0.25) is 5.91 Å². The van der Waals surface area contributed by atoms with Crippen molar-refractivity contribution in [1.82, 2.24) is 10.2 Å². The molecule has 0 radical (unpaired) electrons. The highest BCUT2D eigenvalue weighted by Crippen LogP contribution is 2.12. The van der Waals surface area contributed by atoms with E-state index >= 15 is 0 Å². The topological polar surface area (TPSA) is 35.6 Å². The summed E-state index contributed by atoms with van der Waals surface area (Å²) in [5, 5.41) is 2.98. The number of hydrogen-bond acceptors (Lipinski definition) is 3. The number of likely N-dealkylation sites (tertiary alicyclic amines) is 1. The Kier molecular flexibility index (Phi) is 4.80. The molecule has 0 saturated carbocycles. The summed E-state index contributed by atoms with van der Waals surface area (Å²) in [6.07, 6.45) is 2.44. The second kappa shape index (κ2) is 6.57. The molecule has 4 heteroatoms. The first kappa shape index (κ1) is 13.9. The Morgan fingerprint density at radius 1 is 1.21 bits per heavy atom. The van der Waals surface area contributed by atoms with Crippen LogP contribution in [0.3, 0.4) is 0 Å². The fourth-order valence-corrected chi connectivity index (χ4v) is 2.31. The molecule has 1 fully saturated rings. The summed E-state index contributed by atoms with van der Waals surface area (Å²) in [5.41, 5.74) is 2.31. The van der Waals surface area contributed by atoms with Crippen LogP contribution >= 0.6 is 0 Å². The zero-order chi connectivity index (χ0) is 13.7. The fourth-order valence-electron chi connectivity index (χ4n) is 2.31. The quantitative estimate of drug-likeness (QED) is 0.872. The van der Waals surface area contributed by atoms with Crippen LogP contribution in [-0.2, 0) is 11.3 Å². The summed E-state index contributed by atoms with van der Waals surface area (Å²) >= 11 is 0. The number of benzene rings is 1. The Hall–Kier alpha value is -1.55. The van der Waals surface area contributed by atoms with Gasteiger partial charge in [-0.15, -0.1) is 0 Å². The molecule has 1 amide bonds. The highest BCUT2D eigenvalue weighted by molar-refractivity contribution is 5.78. The minimum Gasteiger partial charge on any atom is -0.378 e. The molecule has 104 valence electrons. The monoisotopic (exact) mass is 261 g/mol. The van der Waals surface area contributed by atoms with E-state index in [-0.39, 0.29) is 5.91 Å². The van der Waals surface area contributed by atoms with Gasteiger partial charge in [0.25, 0.3) is 0 Å². The molecule has 0 bridgehead atoms. The summed E-state index contributed by atoms with van der Waals surface area (Å²) in [7, 11) is 4.04. The lowest BCUT2D eigenvalue weighted by atomic mass is 10.2. The summed E-state index contributed by atoms with van der Waals surface area (Å²) in [6, 6.07) is 8.26. The van der Waals surface area contributed by atoms with Crippen molar-refractivity contribution in [2.45, 2.75) is 19.4 Å². The van der Waals surface area contributed by atoms with Crippen LogP contribution in [0, 0.1) is 0 Å². The Morgan fingerprint density at radius 3 is 2.42 bits per heavy atom. The van der Waals surface area contributed by atoms with Gasteiger partial charge in [0, 0.05) is 26.3 Å². The third-order valence-electron chi connectivity index (χ3n) is 3.51. The lowest BCUT2D eigenvalue weighted by molar-refractivity contribution is -0.122. The predicted octanol–water partition coefficient (Wildman–Crippen LogP) is 1.46. The minimum atomic E-state index is 0.124. The van der Waals surface area contributed by atoms with Gasteiger partial charge in [0.05, 0.1) is 6.54 Å². The van der Waals surface area contributed by atoms with Crippen LogP contribution < -0.4 is 10.2 Å². The van der Waals surface area contributed by atoms with E-state index in [1.54, 1.807) is 0 Å². The summed E-state index contributed by atoms with van der Waals surface area (Å²) in [4.78, 5) is 16.1. The lowest BCUT2D eigenvalue weighted by Crippen LogP contribution is -2.35. The van der Waals surface area contributed by atoms with Gasteiger partial charge in [-0.1, -0.05) is 12.1 Å². The van der Waals surface area contributed by atoms with Gasteiger partial charge in [-0.2, -0.15) is 0 Å². The molecule has 0 aromatic heterocycles. The number of hydrogen-bond donors (Lipinski definition) is 1. The van der Waals surface area contributed by atoms with Crippen LogP contribution in [0.2, 0.25) is 0 Å². The van der Waals surface area contributed by atoms with Crippen LogP contribution in [0.15, 0.2) is 24.3 Å². The molecule has 1 aliphatic rings. The molecule has 1 aliphatic heterocycles. The number of nitrogens with zero attached hydrogens (tertiary/aromatic N) is 2. The van der Waals surface area contributed by atoms with E-state index in [1.165, 1.54) is 18.5 Å². The largest absolute Gasteiger partial charge is 0.378 e. The molecule has 0 spiro atoms. The van der Waals surface area contributed by atoms with E-state index in [1.807, 2.05) is 14.1 Å². The van der Waals surface area contributed by atoms with Crippen LogP contribution in [0.25, 0.3) is 0 Å². The molecular formula is C15H23N3O. The Bertz CT molecular complexity index is 408. The SMILES string of the molecule is CN(C)c1ccc(CNC(=O)CN2CCCC2)cc1. The van der Waals surface area contributed by atoms with Crippen molar-refractivity contribution in [2.24, 2.45) is 0 Å². The van der Waals surface area contributed by atoms with Crippen molar-refractivity contribution in [3.05, 3.63) is 29.8 Å². The van der Waals surface area contributed by atoms with Gasteiger partial charge in [-0.3, -0.25) is 9.69 Å². The molecule has 0 aliphatic carbocycles. The first-order valence-electron chi connectivity index (χ1n) is 6.90. The van der Waals surface area contributed by atoms with Gasteiger partial charge in [0.15, 0.2) is 0 Å². The first-order valence-corrected chi connectivity index (χ1v) is 6.90. The predicted molar refractivity (Wildman–Crippen MR) is 78.3 cm³/mol. The van der Waals surface area contributed by atoms with E-state index < -0.39 is 0 Å². The molecule has 1 saturated heterocycles. The molecule has 4 nitrogen and oxygen atoms in total. The van der Waals surface area contributed by atoms with Gasteiger partial charge >= 0.3 is 0 Å². The molecule has 1 aromatic carbocycles. The third kappa shape index (κ3) is 4.24.